The van der Waals surface area contributed by atoms with Crippen LogP contribution in [0.2, 0.25) is 5.15 Å². The lowest BCUT2D eigenvalue weighted by Gasteiger charge is -2.19. The van der Waals surface area contributed by atoms with Crippen molar-refractivity contribution in [1.29, 1.82) is 0 Å². The van der Waals surface area contributed by atoms with Gasteiger partial charge in [0.2, 0.25) is 5.91 Å². The van der Waals surface area contributed by atoms with E-state index < -0.39 is 12.6 Å². The number of halogens is 4. The topological polar surface area (TPSA) is 63.1 Å². The Kier molecular flexibility index (Phi) is 6.98. The van der Waals surface area contributed by atoms with Gasteiger partial charge in [-0.1, -0.05) is 11.6 Å². The normalized spacial score (nSPS) is 11.6. The minimum atomic E-state index is -4.21. The van der Waals surface area contributed by atoms with E-state index in [-0.39, 0.29) is 30.6 Å². The number of hydrogen-bond donors (Lipinski definition) is 1. The molecule has 2 heterocycles. The number of amides is 1. The standard InChI is InChI=1S/C16H19ClF3N5O/c1-2-24(14(26)5-8-21-9-6-16(18,19)20)13-11-25(23-15(13)17)12-4-3-7-22-10-12/h3-4,7,10-11,21H,2,5-6,8-9H2,1H3. The molecule has 0 saturated carbocycles. The lowest BCUT2D eigenvalue weighted by Crippen LogP contribution is -2.33. The van der Waals surface area contributed by atoms with Gasteiger partial charge in [0.25, 0.3) is 0 Å². The predicted molar refractivity (Wildman–Crippen MR) is 92.6 cm³/mol. The van der Waals surface area contributed by atoms with E-state index in [9.17, 15) is 18.0 Å². The molecule has 0 aromatic carbocycles. The van der Waals surface area contributed by atoms with Crippen molar-refractivity contribution in [1.82, 2.24) is 20.1 Å². The molecule has 26 heavy (non-hydrogen) atoms. The van der Waals surface area contributed by atoms with Crippen LogP contribution in [0.5, 0.6) is 0 Å². The largest absolute Gasteiger partial charge is 0.390 e. The first-order chi connectivity index (χ1) is 12.3. The lowest BCUT2D eigenvalue weighted by molar-refractivity contribution is -0.133. The Hall–Kier alpha value is -2.13. The third kappa shape index (κ3) is 5.70. The van der Waals surface area contributed by atoms with Gasteiger partial charge in [0.05, 0.1) is 24.5 Å². The van der Waals surface area contributed by atoms with Crippen LogP contribution in [0.1, 0.15) is 19.8 Å². The van der Waals surface area contributed by atoms with Gasteiger partial charge in [-0.15, -0.1) is 0 Å². The molecule has 0 bridgehead atoms. The number of pyridine rings is 1. The number of aromatic nitrogens is 3. The fourth-order valence-electron chi connectivity index (χ4n) is 2.31. The van der Waals surface area contributed by atoms with Crippen molar-refractivity contribution in [2.75, 3.05) is 24.5 Å². The molecule has 1 amide bonds. The SMILES string of the molecule is CCN(C(=O)CCNCCC(F)(F)F)c1cn(-c2cccnc2)nc1Cl. The molecule has 0 aliphatic carbocycles. The van der Waals surface area contributed by atoms with E-state index in [0.29, 0.717) is 17.9 Å². The van der Waals surface area contributed by atoms with Crippen LogP contribution >= 0.6 is 11.6 Å². The summed E-state index contributed by atoms with van der Waals surface area (Å²) in [6.07, 6.45) is -0.222. The van der Waals surface area contributed by atoms with E-state index in [1.165, 1.54) is 9.58 Å². The van der Waals surface area contributed by atoms with Crippen LogP contribution in [-0.4, -0.2) is 46.5 Å². The number of carbonyl (C=O) groups is 1. The van der Waals surface area contributed by atoms with Crippen LogP contribution in [0, 0.1) is 0 Å². The molecule has 0 aliphatic heterocycles. The fraction of sp³-hybridized carbons (Fsp3) is 0.438. The molecular formula is C16H19ClF3N5O. The van der Waals surface area contributed by atoms with Gasteiger partial charge in [0, 0.05) is 32.3 Å². The molecule has 0 atom stereocenters. The van der Waals surface area contributed by atoms with E-state index in [4.69, 9.17) is 11.6 Å². The molecular weight excluding hydrogens is 371 g/mol. The van der Waals surface area contributed by atoms with Gasteiger partial charge in [-0.3, -0.25) is 9.78 Å². The summed E-state index contributed by atoms with van der Waals surface area (Å²) in [5.74, 6) is -0.250. The maximum Gasteiger partial charge on any atom is 0.390 e. The van der Waals surface area contributed by atoms with E-state index in [2.05, 4.69) is 15.4 Å². The highest BCUT2D eigenvalue weighted by molar-refractivity contribution is 6.32. The Morgan fingerprint density at radius 3 is 2.77 bits per heavy atom. The molecule has 0 unspecified atom stereocenters. The van der Waals surface area contributed by atoms with E-state index in [1.54, 1.807) is 37.6 Å². The second-order valence-corrected chi connectivity index (χ2v) is 5.82. The number of nitrogens with one attached hydrogen (secondary N) is 1. The van der Waals surface area contributed by atoms with Crippen molar-refractivity contribution in [3.8, 4) is 5.69 Å². The minimum Gasteiger partial charge on any atom is -0.316 e. The highest BCUT2D eigenvalue weighted by Gasteiger charge is 2.26. The summed E-state index contributed by atoms with van der Waals surface area (Å²) in [6.45, 7) is 2.08. The van der Waals surface area contributed by atoms with Crippen molar-refractivity contribution >= 4 is 23.2 Å². The van der Waals surface area contributed by atoms with Crippen LogP contribution < -0.4 is 10.2 Å². The Bertz CT molecular complexity index is 720. The van der Waals surface area contributed by atoms with E-state index in [1.807, 2.05) is 0 Å². The average molecular weight is 390 g/mol. The summed E-state index contributed by atoms with van der Waals surface area (Å²) in [5, 5.41) is 6.96. The van der Waals surface area contributed by atoms with Crippen molar-refractivity contribution in [3.63, 3.8) is 0 Å². The second kappa shape index (κ2) is 9.00. The summed E-state index contributed by atoms with van der Waals surface area (Å²) in [7, 11) is 0. The van der Waals surface area contributed by atoms with Crippen LogP contribution in [0.4, 0.5) is 18.9 Å². The Morgan fingerprint density at radius 2 is 2.15 bits per heavy atom. The molecule has 2 rings (SSSR count). The van der Waals surface area contributed by atoms with Gasteiger partial charge in [-0.2, -0.15) is 18.3 Å². The Balaban J connectivity index is 1.97. The molecule has 1 N–H and O–H groups in total. The quantitative estimate of drug-likeness (QED) is 0.704. The zero-order valence-electron chi connectivity index (χ0n) is 14.1. The summed E-state index contributed by atoms with van der Waals surface area (Å²) < 4.78 is 37.8. The maximum absolute atomic E-state index is 12.4. The van der Waals surface area contributed by atoms with E-state index >= 15 is 0 Å². The summed E-state index contributed by atoms with van der Waals surface area (Å²) >= 11 is 6.16. The van der Waals surface area contributed by atoms with E-state index in [0.717, 1.165) is 0 Å². The van der Waals surface area contributed by atoms with Crippen molar-refractivity contribution in [2.45, 2.75) is 25.9 Å². The molecule has 2 aromatic heterocycles. The Labute approximate surface area is 154 Å². The molecule has 2 aromatic rings. The molecule has 0 aliphatic rings. The molecule has 0 saturated heterocycles. The monoisotopic (exact) mass is 389 g/mol. The number of alkyl halides is 3. The first-order valence-electron chi connectivity index (χ1n) is 8.05. The zero-order valence-corrected chi connectivity index (χ0v) is 14.9. The summed E-state index contributed by atoms with van der Waals surface area (Å²) in [5.41, 5.74) is 1.14. The molecule has 6 nitrogen and oxygen atoms in total. The first-order valence-corrected chi connectivity index (χ1v) is 8.43. The molecule has 0 fully saturated rings. The van der Waals surface area contributed by atoms with Crippen LogP contribution in [-0.2, 0) is 4.79 Å². The fourth-order valence-corrected chi connectivity index (χ4v) is 2.55. The lowest BCUT2D eigenvalue weighted by atomic mass is 10.3. The number of hydrogen-bond acceptors (Lipinski definition) is 4. The predicted octanol–water partition coefficient (Wildman–Crippen LogP) is 3.21. The van der Waals surface area contributed by atoms with Gasteiger partial charge in [0.1, 0.15) is 5.69 Å². The average Bonchev–Trinajstić information content (AvgIpc) is 2.97. The number of carbonyl (C=O) groups excluding carboxylic acids is 1. The molecule has 10 heteroatoms. The number of nitrogens with zero attached hydrogens (tertiary/aromatic N) is 4. The smallest absolute Gasteiger partial charge is 0.316 e. The maximum atomic E-state index is 12.4. The van der Waals surface area contributed by atoms with Crippen LogP contribution in [0.15, 0.2) is 30.7 Å². The van der Waals surface area contributed by atoms with Crippen molar-refractivity contribution < 1.29 is 18.0 Å². The first kappa shape index (κ1) is 20.2. The van der Waals surface area contributed by atoms with Gasteiger partial charge in [-0.25, -0.2) is 4.68 Å². The third-order valence-corrected chi connectivity index (χ3v) is 3.84. The third-order valence-electron chi connectivity index (χ3n) is 3.57. The highest BCUT2D eigenvalue weighted by atomic mass is 35.5. The molecule has 142 valence electrons. The zero-order chi connectivity index (χ0) is 19.2. The molecule has 0 spiro atoms. The van der Waals surface area contributed by atoms with Gasteiger partial charge in [-0.05, 0) is 19.1 Å². The summed E-state index contributed by atoms with van der Waals surface area (Å²) in [4.78, 5) is 17.8. The van der Waals surface area contributed by atoms with Crippen molar-refractivity contribution in [3.05, 3.63) is 35.9 Å². The second-order valence-electron chi connectivity index (χ2n) is 5.46. The van der Waals surface area contributed by atoms with Crippen LogP contribution in [0.25, 0.3) is 5.69 Å². The van der Waals surface area contributed by atoms with Crippen LogP contribution in [0.3, 0.4) is 0 Å². The van der Waals surface area contributed by atoms with Gasteiger partial charge >= 0.3 is 6.18 Å². The van der Waals surface area contributed by atoms with Gasteiger partial charge < -0.3 is 10.2 Å². The summed E-state index contributed by atoms with van der Waals surface area (Å²) in [6, 6.07) is 3.54. The molecule has 0 radical (unpaired) electrons. The van der Waals surface area contributed by atoms with Crippen molar-refractivity contribution in [2.24, 2.45) is 0 Å². The number of rotatable bonds is 8. The minimum absolute atomic E-state index is 0.0557. The number of anilines is 1. The van der Waals surface area contributed by atoms with Gasteiger partial charge in [0.15, 0.2) is 5.15 Å². The highest BCUT2D eigenvalue weighted by Crippen LogP contribution is 2.26. The Morgan fingerprint density at radius 1 is 1.38 bits per heavy atom.